The summed E-state index contributed by atoms with van der Waals surface area (Å²) in [5, 5.41) is -0.151. The molecule has 2 aromatic carbocycles. The number of amides is 1. The number of aromatic nitrogens is 2. The molecule has 0 radical (unpaired) electrons. The van der Waals surface area contributed by atoms with Gasteiger partial charge in [0.1, 0.15) is 29.8 Å². The Morgan fingerprint density at radius 1 is 1.32 bits per heavy atom. The summed E-state index contributed by atoms with van der Waals surface area (Å²) in [5.41, 5.74) is 0.879. The van der Waals surface area contributed by atoms with Gasteiger partial charge in [-0.3, -0.25) is 9.36 Å². The van der Waals surface area contributed by atoms with E-state index in [1.165, 1.54) is 43.6 Å². The lowest BCUT2D eigenvalue weighted by atomic mass is 10.1. The minimum absolute atomic E-state index is 0.0656. The zero-order valence-electron chi connectivity index (χ0n) is 20.5. The van der Waals surface area contributed by atoms with Gasteiger partial charge < -0.3 is 29.5 Å². The molecule has 1 fully saturated rings. The molecule has 10 nitrogen and oxygen atoms in total. The first-order valence-corrected chi connectivity index (χ1v) is 13.8. The van der Waals surface area contributed by atoms with Gasteiger partial charge in [-0.05, 0) is 37.6 Å². The summed E-state index contributed by atoms with van der Waals surface area (Å²) >= 11 is 5.90. The summed E-state index contributed by atoms with van der Waals surface area (Å²) in [6, 6.07) is 7.01. The number of alkyl halides is 1. The molecule has 1 saturated heterocycles. The van der Waals surface area contributed by atoms with Gasteiger partial charge in [-0.15, -0.1) is 0 Å². The molecule has 2 heterocycles. The number of hydrogen-bond donors (Lipinski definition) is 3. The van der Waals surface area contributed by atoms with E-state index in [9.17, 15) is 23.5 Å². The fourth-order valence-electron chi connectivity index (χ4n) is 4.09. The van der Waals surface area contributed by atoms with Crippen LogP contribution in [0.3, 0.4) is 0 Å². The number of ether oxygens (including phenoxy) is 2. The molecule has 3 N–H and O–H groups in total. The van der Waals surface area contributed by atoms with Crippen LogP contribution in [0.1, 0.15) is 26.7 Å². The molecule has 1 amide bonds. The standard InChI is InChI=1S/C24H26ClF2N4O6P/c1-3-24(27,38(33,34)35)23(32)31(4-2)20-10-16-19(11-21(20)37-15-7-8-36-12-15)28-13-29-22(16)30-14-5-6-18(26)17(25)9-14/h5-6,9-11,13,15H,3-4,7-8,12H2,1-2H3,(H,28,29,30)(H2,33,34,35)/t15-,24?/m0/s1. The first-order chi connectivity index (χ1) is 18.0. The molecule has 4 rings (SSSR count). The van der Waals surface area contributed by atoms with Crippen molar-refractivity contribution in [1.29, 1.82) is 0 Å². The van der Waals surface area contributed by atoms with Gasteiger partial charge in [0.15, 0.2) is 0 Å². The maximum Gasteiger partial charge on any atom is 0.372 e. The Morgan fingerprint density at radius 2 is 2.08 bits per heavy atom. The number of carbonyl (C=O) groups is 1. The lowest BCUT2D eigenvalue weighted by Gasteiger charge is -2.32. The van der Waals surface area contributed by atoms with Gasteiger partial charge >= 0.3 is 7.60 Å². The Bertz CT molecular complexity index is 1400. The summed E-state index contributed by atoms with van der Waals surface area (Å²) in [4.78, 5) is 42.2. The molecule has 0 spiro atoms. The first-order valence-electron chi connectivity index (χ1n) is 11.8. The molecule has 204 valence electrons. The van der Waals surface area contributed by atoms with Gasteiger partial charge in [0, 0.05) is 30.1 Å². The zero-order chi connectivity index (χ0) is 27.7. The number of nitrogens with one attached hydrogen (secondary N) is 1. The Hall–Kier alpha value is -2.89. The predicted octanol–water partition coefficient (Wildman–Crippen LogP) is 4.94. The first kappa shape index (κ1) is 28.1. The quantitative estimate of drug-likeness (QED) is 0.306. The van der Waals surface area contributed by atoms with Gasteiger partial charge in [0.05, 0.1) is 29.4 Å². The molecule has 1 aromatic heterocycles. The zero-order valence-corrected chi connectivity index (χ0v) is 22.2. The lowest BCUT2D eigenvalue weighted by Crippen LogP contribution is -2.46. The van der Waals surface area contributed by atoms with Crippen molar-refractivity contribution in [1.82, 2.24) is 9.97 Å². The topological polar surface area (TPSA) is 134 Å². The van der Waals surface area contributed by atoms with Crippen LogP contribution in [0.25, 0.3) is 10.9 Å². The molecular formula is C24H26ClF2N4O6P. The van der Waals surface area contributed by atoms with Gasteiger partial charge in [-0.25, -0.2) is 18.7 Å². The predicted molar refractivity (Wildman–Crippen MR) is 138 cm³/mol. The molecule has 0 bridgehead atoms. The molecule has 0 saturated carbocycles. The maximum atomic E-state index is 15.5. The minimum Gasteiger partial charge on any atom is -0.486 e. The number of benzene rings is 2. The number of rotatable bonds is 9. The lowest BCUT2D eigenvalue weighted by molar-refractivity contribution is -0.126. The van der Waals surface area contributed by atoms with Crippen LogP contribution in [-0.2, 0) is 14.1 Å². The van der Waals surface area contributed by atoms with Gasteiger partial charge in [-0.1, -0.05) is 18.5 Å². The van der Waals surface area contributed by atoms with Crippen molar-refractivity contribution in [2.24, 2.45) is 0 Å². The molecular weight excluding hydrogens is 545 g/mol. The van der Waals surface area contributed by atoms with Crippen LogP contribution in [0, 0.1) is 5.82 Å². The Labute approximate surface area is 222 Å². The van der Waals surface area contributed by atoms with Crippen molar-refractivity contribution in [3.8, 4) is 5.75 Å². The van der Waals surface area contributed by atoms with Crippen molar-refractivity contribution < 1.29 is 37.4 Å². The van der Waals surface area contributed by atoms with Crippen molar-refractivity contribution in [2.45, 2.75) is 38.2 Å². The fourth-order valence-corrected chi connectivity index (χ4v) is 5.05. The van der Waals surface area contributed by atoms with E-state index in [1.807, 2.05) is 0 Å². The third-order valence-corrected chi connectivity index (χ3v) is 7.91. The Morgan fingerprint density at radius 3 is 2.68 bits per heavy atom. The monoisotopic (exact) mass is 570 g/mol. The smallest absolute Gasteiger partial charge is 0.372 e. The third kappa shape index (κ3) is 5.45. The van der Waals surface area contributed by atoms with E-state index in [4.69, 9.17) is 21.1 Å². The van der Waals surface area contributed by atoms with Crippen LogP contribution < -0.4 is 15.0 Å². The number of anilines is 3. The molecule has 1 aliphatic heterocycles. The van der Waals surface area contributed by atoms with Crippen molar-refractivity contribution in [3.05, 3.63) is 47.5 Å². The van der Waals surface area contributed by atoms with E-state index in [-0.39, 0.29) is 34.9 Å². The van der Waals surface area contributed by atoms with Crippen LogP contribution in [0.5, 0.6) is 5.75 Å². The van der Waals surface area contributed by atoms with Crippen LogP contribution in [-0.4, -0.2) is 56.9 Å². The van der Waals surface area contributed by atoms with E-state index in [0.29, 0.717) is 36.2 Å². The van der Waals surface area contributed by atoms with Crippen LogP contribution in [0.4, 0.5) is 26.0 Å². The van der Waals surface area contributed by atoms with E-state index >= 15 is 4.39 Å². The van der Waals surface area contributed by atoms with Crippen molar-refractivity contribution in [3.63, 3.8) is 0 Å². The minimum atomic E-state index is -5.49. The highest BCUT2D eigenvalue weighted by Gasteiger charge is 2.55. The molecule has 1 aliphatic rings. The average molecular weight is 571 g/mol. The van der Waals surface area contributed by atoms with Crippen molar-refractivity contribution >= 4 is 53.2 Å². The van der Waals surface area contributed by atoms with Crippen LogP contribution >= 0.6 is 19.2 Å². The Kier molecular flexibility index (Phi) is 8.20. The number of carbonyl (C=O) groups excluding carboxylic acids is 1. The third-order valence-electron chi connectivity index (χ3n) is 6.19. The maximum absolute atomic E-state index is 15.5. The second-order valence-corrected chi connectivity index (χ2v) is 10.8. The highest BCUT2D eigenvalue weighted by Crippen LogP contribution is 2.55. The molecule has 1 unspecified atom stereocenters. The summed E-state index contributed by atoms with van der Waals surface area (Å²) < 4.78 is 52.7. The molecule has 2 atom stereocenters. The number of halogens is 3. The van der Waals surface area contributed by atoms with E-state index in [0.717, 1.165) is 4.90 Å². The summed E-state index contributed by atoms with van der Waals surface area (Å²) in [6.45, 7) is 3.37. The van der Waals surface area contributed by atoms with Gasteiger partial charge in [0.2, 0.25) is 0 Å². The van der Waals surface area contributed by atoms with E-state index in [1.54, 1.807) is 6.92 Å². The molecule has 0 aliphatic carbocycles. The van der Waals surface area contributed by atoms with Gasteiger partial charge in [0.25, 0.3) is 11.3 Å². The fraction of sp³-hybridized carbons (Fsp3) is 0.375. The molecule has 3 aromatic rings. The summed E-state index contributed by atoms with van der Waals surface area (Å²) in [5.74, 6) is -1.59. The molecule has 14 heteroatoms. The number of fused-ring (bicyclic) bond motifs is 1. The SMILES string of the molecule is CCN(C(=O)C(F)(CC)P(=O)(O)O)c1cc2c(Nc3ccc(F)c(Cl)c3)ncnc2cc1O[C@H]1CCOC1. The van der Waals surface area contributed by atoms with Crippen LogP contribution in [0.15, 0.2) is 36.7 Å². The van der Waals surface area contributed by atoms with E-state index < -0.39 is 31.2 Å². The normalized spacial score (nSPS) is 17.3. The summed E-state index contributed by atoms with van der Waals surface area (Å²) in [6.07, 6.45) is 0.764. The highest BCUT2D eigenvalue weighted by molar-refractivity contribution is 7.54. The largest absolute Gasteiger partial charge is 0.486 e. The second kappa shape index (κ2) is 11.1. The second-order valence-electron chi connectivity index (χ2n) is 8.62. The van der Waals surface area contributed by atoms with Crippen molar-refractivity contribution in [2.75, 3.05) is 30.0 Å². The van der Waals surface area contributed by atoms with Gasteiger partial charge in [-0.2, -0.15) is 0 Å². The van der Waals surface area contributed by atoms with Crippen LogP contribution in [0.2, 0.25) is 5.02 Å². The Balaban J connectivity index is 1.86. The number of nitrogens with zero attached hydrogens (tertiary/aromatic N) is 3. The average Bonchev–Trinajstić information content (AvgIpc) is 3.39. The van der Waals surface area contributed by atoms with E-state index in [2.05, 4.69) is 15.3 Å². The highest BCUT2D eigenvalue weighted by atomic mass is 35.5. The number of hydrogen-bond acceptors (Lipinski definition) is 7. The molecule has 38 heavy (non-hydrogen) atoms. The summed E-state index contributed by atoms with van der Waals surface area (Å²) in [7, 11) is -5.49.